The summed E-state index contributed by atoms with van der Waals surface area (Å²) in [5.41, 5.74) is 0. The molecule has 0 spiro atoms. The number of nitriles is 1. The van der Waals surface area contributed by atoms with Crippen molar-refractivity contribution in [3.63, 3.8) is 0 Å². The van der Waals surface area contributed by atoms with Crippen LogP contribution in [0.2, 0.25) is 5.15 Å². The zero-order chi connectivity index (χ0) is 10.4. The molecule has 0 saturated heterocycles. The van der Waals surface area contributed by atoms with Gasteiger partial charge in [-0.15, -0.1) is 0 Å². The van der Waals surface area contributed by atoms with E-state index in [0.29, 0.717) is 18.1 Å². The molecule has 0 aliphatic carbocycles. The Hall–Kier alpha value is -1.34. The van der Waals surface area contributed by atoms with Crippen molar-refractivity contribution in [2.45, 2.75) is 13.3 Å². The minimum Gasteiger partial charge on any atom is -0.356 e. The molecule has 0 bridgehead atoms. The van der Waals surface area contributed by atoms with Crippen molar-refractivity contribution in [1.29, 1.82) is 5.26 Å². The Bertz CT molecular complexity index is 334. The van der Waals surface area contributed by atoms with Gasteiger partial charge in [0.25, 0.3) is 0 Å². The van der Waals surface area contributed by atoms with Crippen LogP contribution in [-0.4, -0.2) is 23.1 Å². The summed E-state index contributed by atoms with van der Waals surface area (Å²) in [5, 5.41) is 8.90. The van der Waals surface area contributed by atoms with Gasteiger partial charge in [-0.3, -0.25) is 0 Å². The number of nitrogens with zero attached hydrogens (tertiary/aromatic N) is 4. The largest absolute Gasteiger partial charge is 0.356 e. The molecule has 1 rings (SSSR count). The third-order valence-corrected chi connectivity index (χ3v) is 2.03. The van der Waals surface area contributed by atoms with Crippen molar-refractivity contribution in [2.24, 2.45) is 0 Å². The number of hydrogen-bond acceptors (Lipinski definition) is 4. The molecule has 1 aromatic heterocycles. The van der Waals surface area contributed by atoms with Crippen LogP contribution < -0.4 is 4.90 Å². The fourth-order valence-electron chi connectivity index (χ4n) is 1.12. The maximum atomic E-state index is 8.48. The molecule has 0 aliphatic rings. The molecule has 1 aromatic rings. The molecular formula is C9H11ClN4. The molecule has 0 atom stereocenters. The van der Waals surface area contributed by atoms with E-state index in [1.807, 2.05) is 11.8 Å². The van der Waals surface area contributed by atoms with Gasteiger partial charge < -0.3 is 4.90 Å². The molecule has 14 heavy (non-hydrogen) atoms. The smallest absolute Gasteiger partial charge is 0.134 e. The Morgan fingerprint density at radius 1 is 1.57 bits per heavy atom. The van der Waals surface area contributed by atoms with Crippen LogP contribution in [0.4, 0.5) is 5.82 Å². The van der Waals surface area contributed by atoms with Crippen molar-refractivity contribution in [2.75, 3.05) is 18.0 Å². The van der Waals surface area contributed by atoms with Gasteiger partial charge in [-0.1, -0.05) is 11.6 Å². The molecular weight excluding hydrogens is 200 g/mol. The topological polar surface area (TPSA) is 52.8 Å². The second-order valence-corrected chi connectivity index (χ2v) is 3.07. The first kappa shape index (κ1) is 10.7. The van der Waals surface area contributed by atoms with Crippen LogP contribution in [-0.2, 0) is 0 Å². The van der Waals surface area contributed by atoms with Crippen LogP contribution in [0.15, 0.2) is 12.4 Å². The first-order valence-electron chi connectivity index (χ1n) is 4.37. The Morgan fingerprint density at radius 2 is 2.36 bits per heavy atom. The average molecular weight is 211 g/mol. The van der Waals surface area contributed by atoms with E-state index in [-0.39, 0.29) is 0 Å². The summed E-state index contributed by atoms with van der Waals surface area (Å²) in [5.74, 6) is 0.766. The van der Waals surface area contributed by atoms with Gasteiger partial charge in [-0.05, 0) is 6.92 Å². The monoisotopic (exact) mass is 210 g/mol. The minimum atomic E-state index is 0.422. The van der Waals surface area contributed by atoms with Crippen LogP contribution in [0.1, 0.15) is 13.3 Å². The third kappa shape index (κ3) is 2.86. The number of hydrogen-bond donors (Lipinski definition) is 0. The molecule has 0 radical (unpaired) electrons. The van der Waals surface area contributed by atoms with Crippen LogP contribution in [0.3, 0.4) is 0 Å². The third-order valence-electron chi connectivity index (χ3n) is 1.82. The lowest BCUT2D eigenvalue weighted by Crippen LogP contribution is -2.24. The van der Waals surface area contributed by atoms with Crippen molar-refractivity contribution in [1.82, 2.24) is 9.97 Å². The van der Waals surface area contributed by atoms with Gasteiger partial charge in [-0.25, -0.2) is 9.97 Å². The molecule has 0 aliphatic heterocycles. The molecule has 5 heteroatoms. The highest BCUT2D eigenvalue weighted by molar-refractivity contribution is 6.29. The van der Waals surface area contributed by atoms with E-state index < -0.39 is 0 Å². The fourth-order valence-corrected chi connectivity index (χ4v) is 1.26. The number of aromatic nitrogens is 2. The Kier molecular flexibility index (Phi) is 4.14. The van der Waals surface area contributed by atoms with E-state index in [4.69, 9.17) is 16.9 Å². The Balaban J connectivity index is 2.74. The predicted molar refractivity (Wildman–Crippen MR) is 55.2 cm³/mol. The Morgan fingerprint density at radius 3 is 2.93 bits per heavy atom. The van der Waals surface area contributed by atoms with Gasteiger partial charge in [0.1, 0.15) is 17.3 Å². The number of rotatable bonds is 4. The number of anilines is 1. The lowest BCUT2D eigenvalue weighted by Gasteiger charge is -2.19. The van der Waals surface area contributed by atoms with E-state index in [1.165, 1.54) is 6.33 Å². The number of halogens is 1. The van der Waals surface area contributed by atoms with Crippen LogP contribution in [0.25, 0.3) is 0 Å². The van der Waals surface area contributed by atoms with E-state index in [9.17, 15) is 0 Å². The quantitative estimate of drug-likeness (QED) is 0.712. The summed E-state index contributed by atoms with van der Waals surface area (Å²) in [7, 11) is 0. The minimum absolute atomic E-state index is 0.422. The SMILES string of the molecule is CCN(CCC#N)c1cc(Cl)ncn1. The summed E-state index contributed by atoms with van der Waals surface area (Å²) in [4.78, 5) is 9.87. The van der Waals surface area contributed by atoms with Gasteiger partial charge in [0.05, 0.1) is 12.5 Å². The second-order valence-electron chi connectivity index (χ2n) is 2.69. The Labute approximate surface area is 88.2 Å². The molecule has 0 saturated carbocycles. The standard InChI is InChI=1S/C9H11ClN4/c1-2-14(5-3-4-11)9-6-8(10)12-7-13-9/h6-7H,2-3,5H2,1H3. The summed E-state index contributed by atoms with van der Waals surface area (Å²) in [6, 6.07) is 3.80. The van der Waals surface area contributed by atoms with Crippen molar-refractivity contribution < 1.29 is 0 Å². The summed E-state index contributed by atoms with van der Waals surface area (Å²) in [6.07, 6.45) is 1.90. The lowest BCUT2D eigenvalue weighted by atomic mass is 10.4. The first-order chi connectivity index (χ1) is 6.77. The molecule has 0 amide bonds. The van der Waals surface area contributed by atoms with Gasteiger partial charge in [0, 0.05) is 19.2 Å². The zero-order valence-electron chi connectivity index (χ0n) is 7.94. The van der Waals surface area contributed by atoms with Crippen LogP contribution >= 0.6 is 11.6 Å². The van der Waals surface area contributed by atoms with Crippen LogP contribution in [0.5, 0.6) is 0 Å². The molecule has 0 N–H and O–H groups in total. The summed E-state index contributed by atoms with van der Waals surface area (Å²) < 4.78 is 0. The summed E-state index contributed by atoms with van der Waals surface area (Å²) in [6.45, 7) is 3.47. The second kappa shape index (κ2) is 5.40. The fraction of sp³-hybridized carbons (Fsp3) is 0.444. The van der Waals surface area contributed by atoms with Crippen LogP contribution in [0, 0.1) is 11.3 Å². The van der Waals surface area contributed by atoms with Crippen molar-refractivity contribution in [3.05, 3.63) is 17.5 Å². The zero-order valence-corrected chi connectivity index (χ0v) is 8.70. The predicted octanol–water partition coefficient (Wildman–Crippen LogP) is 1.87. The highest BCUT2D eigenvalue weighted by Gasteiger charge is 2.05. The lowest BCUT2D eigenvalue weighted by molar-refractivity contribution is 0.807. The molecule has 1 heterocycles. The normalized spacial score (nSPS) is 9.50. The van der Waals surface area contributed by atoms with Crippen molar-refractivity contribution in [3.8, 4) is 6.07 Å². The summed E-state index contributed by atoms with van der Waals surface area (Å²) >= 11 is 5.74. The molecule has 4 nitrogen and oxygen atoms in total. The van der Waals surface area contributed by atoms with Gasteiger partial charge >= 0.3 is 0 Å². The molecule has 0 unspecified atom stereocenters. The van der Waals surface area contributed by atoms with E-state index in [2.05, 4.69) is 16.0 Å². The molecule has 0 aromatic carbocycles. The van der Waals surface area contributed by atoms with Gasteiger partial charge in [0.15, 0.2) is 0 Å². The van der Waals surface area contributed by atoms with E-state index in [1.54, 1.807) is 6.07 Å². The molecule has 0 fully saturated rings. The van der Waals surface area contributed by atoms with Crippen molar-refractivity contribution >= 4 is 17.4 Å². The van der Waals surface area contributed by atoms with E-state index in [0.717, 1.165) is 12.4 Å². The molecule has 74 valence electrons. The van der Waals surface area contributed by atoms with E-state index >= 15 is 0 Å². The first-order valence-corrected chi connectivity index (χ1v) is 4.75. The average Bonchev–Trinajstić information content (AvgIpc) is 2.19. The van der Waals surface area contributed by atoms with Gasteiger partial charge in [0.2, 0.25) is 0 Å². The highest BCUT2D eigenvalue weighted by atomic mass is 35.5. The highest BCUT2D eigenvalue weighted by Crippen LogP contribution is 2.13. The van der Waals surface area contributed by atoms with Gasteiger partial charge in [-0.2, -0.15) is 5.26 Å². The maximum absolute atomic E-state index is 8.48. The maximum Gasteiger partial charge on any atom is 0.134 e.